The molecular formula is C18H17F3N2O4S2. The zero-order chi connectivity index (χ0) is 21.4. The van der Waals surface area contributed by atoms with E-state index in [1.165, 1.54) is 7.11 Å². The Morgan fingerprint density at radius 3 is 2.55 bits per heavy atom. The zero-order valence-corrected chi connectivity index (χ0v) is 17.3. The summed E-state index contributed by atoms with van der Waals surface area (Å²) in [5, 5.41) is 3.45. The predicted molar refractivity (Wildman–Crippen MR) is 101 cm³/mol. The number of hydrogen-bond donors (Lipinski definition) is 1. The number of sulfonamides is 1. The first-order valence-electron chi connectivity index (χ1n) is 8.30. The van der Waals surface area contributed by atoms with Crippen LogP contribution in [0.2, 0.25) is 0 Å². The number of methoxy groups -OCH3 is 1. The van der Waals surface area contributed by atoms with Crippen LogP contribution in [0.3, 0.4) is 0 Å². The van der Waals surface area contributed by atoms with Crippen LogP contribution in [0.1, 0.15) is 21.1 Å². The van der Waals surface area contributed by atoms with Crippen molar-refractivity contribution in [3.8, 4) is 17.0 Å². The summed E-state index contributed by atoms with van der Waals surface area (Å²) in [7, 11) is -2.54. The Bertz CT molecular complexity index is 1130. The Labute approximate surface area is 169 Å². The van der Waals surface area contributed by atoms with Gasteiger partial charge in [-0.1, -0.05) is 17.3 Å². The number of hydrogen-bond acceptors (Lipinski definition) is 6. The van der Waals surface area contributed by atoms with E-state index < -0.39 is 22.0 Å². The van der Waals surface area contributed by atoms with Gasteiger partial charge in [-0.25, -0.2) is 13.1 Å². The molecule has 156 valence electrons. The van der Waals surface area contributed by atoms with Crippen molar-refractivity contribution in [1.82, 2.24) is 9.88 Å². The number of nitrogens with one attached hydrogen (secondary N) is 1. The van der Waals surface area contributed by atoms with Crippen molar-refractivity contribution in [2.45, 2.75) is 31.5 Å². The minimum absolute atomic E-state index is 0.0140. The number of aromatic nitrogens is 1. The lowest BCUT2D eigenvalue weighted by molar-refractivity contribution is -0.155. The van der Waals surface area contributed by atoms with Gasteiger partial charge >= 0.3 is 6.18 Å². The Balaban J connectivity index is 1.96. The molecule has 0 aliphatic rings. The number of halogens is 3. The highest BCUT2D eigenvalue weighted by molar-refractivity contribution is 7.89. The molecule has 0 aliphatic heterocycles. The fourth-order valence-electron chi connectivity index (χ4n) is 2.84. The zero-order valence-electron chi connectivity index (χ0n) is 15.6. The Morgan fingerprint density at radius 1 is 1.21 bits per heavy atom. The molecule has 3 aromatic rings. The van der Waals surface area contributed by atoms with Crippen molar-refractivity contribution in [1.29, 1.82) is 0 Å². The molecule has 0 unspecified atom stereocenters. The van der Waals surface area contributed by atoms with Crippen LogP contribution in [0.25, 0.3) is 11.3 Å². The summed E-state index contributed by atoms with van der Waals surface area (Å²) >= 11 is 1.16. The first kappa shape index (κ1) is 21.3. The number of aryl methyl sites for hydroxylation is 2. The summed E-state index contributed by atoms with van der Waals surface area (Å²) in [5.74, 6) is -0.712. The van der Waals surface area contributed by atoms with Gasteiger partial charge in [-0.05, 0) is 31.5 Å². The molecular weight excluding hydrogens is 429 g/mol. The molecule has 0 saturated heterocycles. The second-order valence-corrected chi connectivity index (χ2v) is 9.30. The van der Waals surface area contributed by atoms with E-state index in [9.17, 15) is 21.6 Å². The standard InChI is InChI=1S/C18H17F3N2O4S2/c1-10-16(14-8-15(27-23-14)18(19,20)21)17(11(2)28-10)29(24,25)22-9-12-5-4-6-13(7-12)26-3/h4-8,22H,9H2,1-3H3. The minimum atomic E-state index is -4.71. The largest absolute Gasteiger partial charge is 0.497 e. The molecule has 0 radical (unpaired) electrons. The van der Waals surface area contributed by atoms with Gasteiger partial charge in [-0.15, -0.1) is 11.3 Å². The lowest BCUT2D eigenvalue weighted by Gasteiger charge is -2.10. The predicted octanol–water partition coefficient (Wildman–Crippen LogP) is 4.53. The fraction of sp³-hybridized carbons (Fsp3) is 0.278. The van der Waals surface area contributed by atoms with Gasteiger partial charge in [0, 0.05) is 27.9 Å². The normalized spacial score (nSPS) is 12.3. The summed E-state index contributed by atoms with van der Waals surface area (Å²) in [6.45, 7) is 3.20. The second-order valence-electron chi connectivity index (χ2n) is 6.17. The topological polar surface area (TPSA) is 81.4 Å². The molecule has 3 rings (SSSR count). The fourth-order valence-corrected chi connectivity index (χ4v) is 5.73. The second kappa shape index (κ2) is 7.81. The number of alkyl halides is 3. The molecule has 0 saturated carbocycles. The maximum absolute atomic E-state index is 13.0. The van der Waals surface area contributed by atoms with E-state index in [1.807, 2.05) is 0 Å². The maximum Gasteiger partial charge on any atom is 0.452 e. The molecule has 0 spiro atoms. The van der Waals surface area contributed by atoms with Crippen LogP contribution < -0.4 is 9.46 Å². The first-order chi connectivity index (χ1) is 13.5. The van der Waals surface area contributed by atoms with E-state index in [-0.39, 0.29) is 22.7 Å². The van der Waals surface area contributed by atoms with Gasteiger partial charge in [0.15, 0.2) is 0 Å². The van der Waals surface area contributed by atoms with Crippen molar-refractivity contribution in [2.75, 3.05) is 7.11 Å². The van der Waals surface area contributed by atoms with E-state index >= 15 is 0 Å². The van der Waals surface area contributed by atoms with Gasteiger partial charge in [-0.2, -0.15) is 13.2 Å². The van der Waals surface area contributed by atoms with Gasteiger partial charge in [0.1, 0.15) is 16.3 Å². The molecule has 2 aromatic heterocycles. The monoisotopic (exact) mass is 446 g/mol. The van der Waals surface area contributed by atoms with Crippen LogP contribution in [0, 0.1) is 13.8 Å². The molecule has 0 atom stereocenters. The quantitative estimate of drug-likeness (QED) is 0.602. The van der Waals surface area contributed by atoms with Crippen LogP contribution in [0.5, 0.6) is 5.75 Å². The Kier molecular flexibility index (Phi) is 5.74. The third-order valence-corrected chi connectivity index (χ3v) is 6.84. The summed E-state index contributed by atoms with van der Waals surface area (Å²) in [4.78, 5) is 0.850. The third-order valence-electron chi connectivity index (χ3n) is 4.12. The number of thiophene rings is 1. The summed E-state index contributed by atoms with van der Waals surface area (Å²) < 4.78 is 76.5. The molecule has 0 fully saturated rings. The lowest BCUT2D eigenvalue weighted by atomic mass is 10.1. The van der Waals surface area contributed by atoms with Gasteiger partial charge < -0.3 is 9.26 Å². The summed E-state index contributed by atoms with van der Waals surface area (Å²) in [5.41, 5.74) is 0.589. The van der Waals surface area contributed by atoms with Crippen molar-refractivity contribution >= 4 is 21.4 Å². The average Bonchev–Trinajstić information content (AvgIpc) is 3.24. The van der Waals surface area contributed by atoms with E-state index in [0.717, 1.165) is 11.3 Å². The molecule has 1 aromatic carbocycles. The molecule has 1 N–H and O–H groups in total. The van der Waals surface area contributed by atoms with E-state index in [1.54, 1.807) is 38.1 Å². The van der Waals surface area contributed by atoms with E-state index in [2.05, 4.69) is 14.4 Å². The van der Waals surface area contributed by atoms with Crippen LogP contribution in [-0.2, 0) is 22.7 Å². The van der Waals surface area contributed by atoms with Crippen molar-refractivity contribution in [2.24, 2.45) is 0 Å². The molecule has 6 nitrogen and oxygen atoms in total. The molecule has 29 heavy (non-hydrogen) atoms. The van der Waals surface area contributed by atoms with Crippen LogP contribution in [0.4, 0.5) is 13.2 Å². The molecule has 11 heteroatoms. The number of rotatable bonds is 6. The SMILES string of the molecule is COc1cccc(CNS(=O)(=O)c2c(C)sc(C)c2-c2cc(C(F)(F)F)on2)c1. The highest BCUT2D eigenvalue weighted by Gasteiger charge is 2.37. The van der Waals surface area contributed by atoms with Gasteiger partial charge in [0.05, 0.1) is 7.11 Å². The van der Waals surface area contributed by atoms with E-state index in [4.69, 9.17) is 4.74 Å². The van der Waals surface area contributed by atoms with Gasteiger partial charge in [-0.3, -0.25) is 0 Å². The van der Waals surface area contributed by atoms with E-state index in [0.29, 0.717) is 27.1 Å². The highest BCUT2D eigenvalue weighted by atomic mass is 32.2. The van der Waals surface area contributed by atoms with Crippen molar-refractivity contribution < 1.29 is 30.8 Å². The highest BCUT2D eigenvalue weighted by Crippen LogP contribution is 2.40. The van der Waals surface area contributed by atoms with Crippen molar-refractivity contribution in [3.63, 3.8) is 0 Å². The Hall–Kier alpha value is -2.37. The molecule has 0 bridgehead atoms. The summed E-state index contributed by atoms with van der Waals surface area (Å²) in [6, 6.07) is 7.57. The van der Waals surface area contributed by atoms with Crippen LogP contribution in [0.15, 0.2) is 39.8 Å². The summed E-state index contributed by atoms with van der Waals surface area (Å²) in [6.07, 6.45) is -4.71. The minimum Gasteiger partial charge on any atom is -0.497 e. The smallest absolute Gasteiger partial charge is 0.452 e. The Morgan fingerprint density at radius 2 is 1.93 bits per heavy atom. The average molecular weight is 446 g/mol. The molecule has 2 heterocycles. The van der Waals surface area contributed by atoms with Gasteiger partial charge in [0.25, 0.3) is 0 Å². The van der Waals surface area contributed by atoms with Gasteiger partial charge in [0.2, 0.25) is 15.8 Å². The first-order valence-corrected chi connectivity index (χ1v) is 10.6. The van der Waals surface area contributed by atoms with Crippen LogP contribution >= 0.6 is 11.3 Å². The lowest BCUT2D eigenvalue weighted by Crippen LogP contribution is -2.24. The van der Waals surface area contributed by atoms with Crippen LogP contribution in [-0.4, -0.2) is 20.7 Å². The third kappa shape index (κ3) is 4.46. The number of nitrogens with zero attached hydrogens (tertiary/aromatic N) is 1. The molecule has 0 aliphatic carbocycles. The number of benzene rings is 1. The van der Waals surface area contributed by atoms with Crippen molar-refractivity contribution in [3.05, 3.63) is 51.4 Å². The number of ether oxygens (including phenoxy) is 1. The molecule has 0 amide bonds. The maximum atomic E-state index is 13.0.